The summed E-state index contributed by atoms with van der Waals surface area (Å²) < 4.78 is 29.5. The van der Waals surface area contributed by atoms with Crippen molar-refractivity contribution in [2.75, 3.05) is 6.54 Å². The van der Waals surface area contributed by atoms with E-state index >= 15 is 0 Å². The highest BCUT2D eigenvalue weighted by molar-refractivity contribution is 7.99. The first-order valence-electron chi connectivity index (χ1n) is 21.3. The van der Waals surface area contributed by atoms with Crippen molar-refractivity contribution in [3.8, 4) is 0 Å². The van der Waals surface area contributed by atoms with Gasteiger partial charge in [0.05, 0.1) is 22.8 Å². The third-order valence-electron chi connectivity index (χ3n) is 10.9. The van der Waals surface area contributed by atoms with E-state index in [1.54, 1.807) is 102 Å². The molecule has 0 saturated carbocycles. The van der Waals surface area contributed by atoms with Gasteiger partial charge in [0.1, 0.15) is 11.6 Å². The van der Waals surface area contributed by atoms with Gasteiger partial charge < -0.3 is 10.6 Å². The van der Waals surface area contributed by atoms with Gasteiger partial charge in [0.25, 0.3) is 11.8 Å². The number of halogens is 5. The molecule has 10 rings (SSSR count). The lowest BCUT2D eigenvalue weighted by atomic mass is 10.0. The maximum absolute atomic E-state index is 14.7. The lowest BCUT2D eigenvalue weighted by molar-refractivity contribution is 0.0944. The van der Waals surface area contributed by atoms with Crippen LogP contribution in [0.3, 0.4) is 0 Å². The molecule has 2 aliphatic heterocycles. The molecule has 0 radical (unpaired) electrons. The molecule has 336 valence electrons. The third kappa shape index (κ3) is 10.8. The van der Waals surface area contributed by atoms with Crippen LogP contribution in [0.4, 0.5) is 20.2 Å². The Kier molecular flexibility index (Phi) is 14.5. The van der Waals surface area contributed by atoms with Crippen LogP contribution >= 0.6 is 58.3 Å². The molecule has 0 fully saturated rings. The van der Waals surface area contributed by atoms with Crippen molar-refractivity contribution < 1.29 is 18.4 Å². The van der Waals surface area contributed by atoms with Crippen molar-refractivity contribution in [2.24, 2.45) is 9.98 Å². The van der Waals surface area contributed by atoms with Crippen molar-refractivity contribution in [3.63, 3.8) is 0 Å². The molecule has 8 aromatic carbocycles. The van der Waals surface area contributed by atoms with Gasteiger partial charge in [-0.25, -0.2) is 18.8 Å². The van der Waals surface area contributed by atoms with Gasteiger partial charge in [-0.15, -0.1) is 0 Å². The molecule has 6 nitrogen and oxygen atoms in total. The Bertz CT molecular complexity index is 3310. The number of nitrogens with one attached hydrogen (secondary N) is 2. The molecule has 0 unspecified atom stereocenters. The smallest absolute Gasteiger partial charge is 0.251 e. The van der Waals surface area contributed by atoms with E-state index in [2.05, 4.69) is 10.6 Å². The van der Waals surface area contributed by atoms with Crippen LogP contribution in [0.25, 0.3) is 0 Å². The first-order chi connectivity index (χ1) is 33.1. The molecule has 0 saturated heterocycles. The van der Waals surface area contributed by atoms with E-state index in [4.69, 9.17) is 44.8 Å². The summed E-state index contributed by atoms with van der Waals surface area (Å²) in [5, 5.41) is 7.55. The standard InChI is InChI=1S/C28H20ClFN2OS.C27H17Cl2FN2OS/c29-20-7-5-6-18(16-20)14-15-31-28(33)19-12-13-26-24(17-19)32-27(21-8-1-3-10-23(21)30)22-9-2-4-11-25(22)34-26;28-18-11-9-17(21(29)14-18)15-31-27(33)16-10-12-25-23(13-16)32-26(19-5-1-3-7-22(19)30)20-6-2-4-8-24(20)34-25/h1-13,16-17H,14-15H2,(H,31,33);1-14H,15H2,(H,31,33). The molecule has 2 amide bonds. The van der Waals surface area contributed by atoms with E-state index in [1.165, 1.54) is 12.1 Å². The number of carbonyl (C=O) groups excluding carboxylic acids is 2. The number of hydrogen-bond acceptors (Lipinski definition) is 6. The fraction of sp³-hybridized carbons (Fsp3) is 0.0545. The molecule has 0 aliphatic carbocycles. The lowest BCUT2D eigenvalue weighted by Gasteiger charge is -2.10. The minimum atomic E-state index is -0.349. The molecule has 2 heterocycles. The Morgan fingerprint density at radius 1 is 0.485 bits per heavy atom. The zero-order chi connectivity index (χ0) is 47.1. The minimum Gasteiger partial charge on any atom is -0.352 e. The van der Waals surface area contributed by atoms with E-state index in [1.807, 2.05) is 84.9 Å². The van der Waals surface area contributed by atoms with E-state index in [-0.39, 0.29) is 30.0 Å². The highest BCUT2D eigenvalue weighted by Crippen LogP contribution is 2.43. The average Bonchev–Trinajstić information content (AvgIpc) is 3.61. The van der Waals surface area contributed by atoms with E-state index in [9.17, 15) is 18.4 Å². The Hall–Kier alpha value is -6.53. The Morgan fingerprint density at radius 3 is 1.51 bits per heavy atom. The van der Waals surface area contributed by atoms with Crippen LogP contribution in [0.2, 0.25) is 15.1 Å². The quantitative estimate of drug-likeness (QED) is 0.151. The first kappa shape index (κ1) is 46.6. The van der Waals surface area contributed by atoms with Gasteiger partial charge in [0.15, 0.2) is 0 Å². The molecule has 0 aromatic heterocycles. The van der Waals surface area contributed by atoms with Crippen molar-refractivity contribution in [2.45, 2.75) is 32.5 Å². The van der Waals surface area contributed by atoms with Crippen LogP contribution in [0, 0.1) is 11.6 Å². The van der Waals surface area contributed by atoms with Crippen LogP contribution in [0.5, 0.6) is 0 Å². The van der Waals surface area contributed by atoms with Gasteiger partial charge >= 0.3 is 0 Å². The van der Waals surface area contributed by atoms with Gasteiger partial charge in [0, 0.05) is 81.1 Å². The predicted octanol–water partition coefficient (Wildman–Crippen LogP) is 14.8. The van der Waals surface area contributed by atoms with Gasteiger partial charge in [-0.3, -0.25) is 9.59 Å². The number of benzene rings is 8. The zero-order valence-electron chi connectivity index (χ0n) is 35.8. The van der Waals surface area contributed by atoms with Gasteiger partial charge in [0.2, 0.25) is 0 Å². The first-order valence-corrected chi connectivity index (χ1v) is 24.1. The Balaban J connectivity index is 0.000000170. The van der Waals surface area contributed by atoms with Gasteiger partial charge in [-0.2, -0.15) is 0 Å². The molecule has 0 spiro atoms. The van der Waals surface area contributed by atoms with Crippen molar-refractivity contribution in [3.05, 3.63) is 247 Å². The van der Waals surface area contributed by atoms with E-state index in [0.29, 0.717) is 73.1 Å². The van der Waals surface area contributed by atoms with Crippen molar-refractivity contribution >= 4 is 92.9 Å². The topological polar surface area (TPSA) is 82.9 Å². The van der Waals surface area contributed by atoms with Gasteiger partial charge in [-0.1, -0.05) is 137 Å². The monoisotopic (exact) mass is 992 g/mol. The molecule has 0 atom stereocenters. The number of aliphatic imine (C=N–C) groups is 2. The number of fused-ring (bicyclic) bond motifs is 4. The minimum absolute atomic E-state index is 0.181. The summed E-state index contributed by atoms with van der Waals surface area (Å²) in [5.41, 5.74) is 7.67. The molecule has 2 aliphatic rings. The third-order valence-corrected chi connectivity index (χ3v) is 14.0. The Labute approximate surface area is 415 Å². The van der Waals surface area contributed by atoms with Crippen LogP contribution in [0.1, 0.15) is 54.1 Å². The SMILES string of the molecule is O=C(NCCc1cccc(Cl)c1)c1ccc2c(c1)N=C(c1ccccc1F)c1ccccc1S2.O=C(NCc1ccc(Cl)cc1Cl)c1ccc2c(c1)N=C(c1ccccc1F)c1ccccc1S2. The maximum atomic E-state index is 14.7. The van der Waals surface area contributed by atoms with Crippen LogP contribution < -0.4 is 10.6 Å². The highest BCUT2D eigenvalue weighted by Gasteiger charge is 2.24. The summed E-state index contributed by atoms with van der Waals surface area (Å²) in [4.78, 5) is 39.2. The van der Waals surface area contributed by atoms with Crippen LogP contribution in [0.15, 0.2) is 205 Å². The second-order valence-corrected chi connectivity index (χ2v) is 18.9. The van der Waals surface area contributed by atoms with E-state index < -0.39 is 0 Å². The second-order valence-electron chi connectivity index (χ2n) is 15.5. The highest BCUT2D eigenvalue weighted by atomic mass is 35.5. The van der Waals surface area contributed by atoms with E-state index in [0.717, 1.165) is 41.8 Å². The predicted molar refractivity (Wildman–Crippen MR) is 273 cm³/mol. The van der Waals surface area contributed by atoms with Crippen LogP contribution in [-0.2, 0) is 13.0 Å². The molecule has 0 bridgehead atoms. The van der Waals surface area contributed by atoms with Crippen LogP contribution in [-0.4, -0.2) is 29.8 Å². The normalized spacial score (nSPS) is 12.2. The number of rotatable bonds is 9. The summed E-state index contributed by atoms with van der Waals surface area (Å²) in [7, 11) is 0. The number of amides is 2. The molecule has 68 heavy (non-hydrogen) atoms. The fourth-order valence-electron chi connectivity index (χ4n) is 7.54. The summed E-state index contributed by atoms with van der Waals surface area (Å²) in [6, 6.07) is 52.4. The molecular weight excluding hydrogens is 957 g/mol. The lowest BCUT2D eigenvalue weighted by Crippen LogP contribution is -2.25. The largest absolute Gasteiger partial charge is 0.352 e. The second kappa shape index (κ2) is 21.2. The number of hydrogen-bond donors (Lipinski definition) is 2. The molecule has 8 aromatic rings. The molecular formula is C55H37Cl3F2N4O2S2. The number of carbonyl (C=O) groups is 2. The van der Waals surface area contributed by atoms with Gasteiger partial charge in [-0.05, 0) is 115 Å². The Morgan fingerprint density at radius 2 is 0.985 bits per heavy atom. The average molecular weight is 994 g/mol. The number of nitrogens with zero attached hydrogens (tertiary/aromatic N) is 2. The summed E-state index contributed by atoms with van der Waals surface area (Å²) in [6.07, 6.45) is 0.679. The van der Waals surface area contributed by atoms with Crippen molar-refractivity contribution in [1.82, 2.24) is 10.6 Å². The summed E-state index contributed by atoms with van der Waals surface area (Å²) in [5.74, 6) is -1.12. The summed E-state index contributed by atoms with van der Waals surface area (Å²) >= 11 is 21.3. The molecule has 13 heteroatoms. The fourth-order valence-corrected chi connectivity index (χ4v) is 10.2. The summed E-state index contributed by atoms with van der Waals surface area (Å²) in [6.45, 7) is 0.746. The molecule has 2 N–H and O–H groups in total. The van der Waals surface area contributed by atoms with Crippen molar-refractivity contribution in [1.29, 1.82) is 0 Å². The zero-order valence-corrected chi connectivity index (χ0v) is 39.7. The maximum Gasteiger partial charge on any atom is 0.251 e.